The number of nitrogens with two attached hydrogens (primary N) is 1. The molecular weight excluding hydrogens is 204 g/mol. The highest BCUT2D eigenvalue weighted by atomic mass is 16.5. The fraction of sp³-hybridized carbons (Fsp3) is 0.636. The number of anilines is 2. The zero-order valence-corrected chi connectivity index (χ0v) is 10.4. The van der Waals surface area contributed by atoms with Gasteiger partial charge in [-0.25, -0.2) is 0 Å². The van der Waals surface area contributed by atoms with Crippen molar-refractivity contribution in [2.45, 2.75) is 20.3 Å². The van der Waals surface area contributed by atoms with Crippen LogP contribution in [0.4, 0.5) is 11.8 Å². The van der Waals surface area contributed by atoms with Gasteiger partial charge in [0.2, 0.25) is 11.8 Å². The van der Waals surface area contributed by atoms with Crippen molar-refractivity contribution in [1.29, 1.82) is 0 Å². The summed E-state index contributed by atoms with van der Waals surface area (Å²) in [6, 6.07) is 1.79. The van der Waals surface area contributed by atoms with E-state index >= 15 is 0 Å². The lowest BCUT2D eigenvalue weighted by Gasteiger charge is -2.22. The van der Waals surface area contributed by atoms with Crippen LogP contribution in [0.5, 0.6) is 5.88 Å². The molecule has 0 aliphatic heterocycles. The minimum absolute atomic E-state index is 0.241. The summed E-state index contributed by atoms with van der Waals surface area (Å²) in [5, 5.41) is 0. The van der Waals surface area contributed by atoms with E-state index in [1.54, 1.807) is 13.2 Å². The van der Waals surface area contributed by atoms with Gasteiger partial charge in [0, 0.05) is 19.7 Å². The largest absolute Gasteiger partial charge is 0.481 e. The Morgan fingerprint density at radius 1 is 1.50 bits per heavy atom. The molecule has 2 N–H and O–H groups in total. The number of aromatic nitrogens is 2. The molecule has 0 amide bonds. The zero-order chi connectivity index (χ0) is 12.1. The van der Waals surface area contributed by atoms with Crippen LogP contribution >= 0.6 is 0 Å². The van der Waals surface area contributed by atoms with E-state index in [9.17, 15) is 0 Å². The van der Waals surface area contributed by atoms with Gasteiger partial charge in [-0.05, 0) is 5.92 Å². The van der Waals surface area contributed by atoms with E-state index in [0.29, 0.717) is 11.8 Å². The van der Waals surface area contributed by atoms with Crippen molar-refractivity contribution < 1.29 is 4.74 Å². The number of nitrogens with zero attached hydrogens (tertiary/aromatic N) is 3. The van der Waals surface area contributed by atoms with Crippen LogP contribution in [0.3, 0.4) is 0 Å². The van der Waals surface area contributed by atoms with Crippen molar-refractivity contribution in [2.24, 2.45) is 5.92 Å². The summed E-state index contributed by atoms with van der Waals surface area (Å²) in [4.78, 5) is 10.2. The van der Waals surface area contributed by atoms with Crippen molar-refractivity contribution >= 4 is 11.8 Å². The molecule has 0 aromatic carbocycles. The molecule has 5 heteroatoms. The van der Waals surface area contributed by atoms with Crippen LogP contribution in [0, 0.1) is 5.92 Å². The molecule has 90 valence electrons. The molecule has 0 aliphatic carbocycles. The lowest BCUT2D eigenvalue weighted by atomic mass is 10.1. The Bertz CT molecular complexity index is 343. The Morgan fingerprint density at radius 3 is 2.75 bits per heavy atom. The van der Waals surface area contributed by atoms with Crippen LogP contribution in [0.25, 0.3) is 0 Å². The number of ether oxygens (including phenoxy) is 1. The first-order valence-electron chi connectivity index (χ1n) is 5.46. The van der Waals surface area contributed by atoms with Gasteiger partial charge >= 0.3 is 0 Å². The molecule has 1 rings (SSSR count). The van der Waals surface area contributed by atoms with Crippen LogP contribution in [-0.2, 0) is 0 Å². The minimum atomic E-state index is 0.241. The third kappa shape index (κ3) is 3.25. The van der Waals surface area contributed by atoms with Crippen LogP contribution in [-0.4, -0.2) is 30.7 Å². The number of methoxy groups -OCH3 is 1. The number of nitrogen functional groups attached to an aromatic ring is 1. The van der Waals surface area contributed by atoms with Gasteiger partial charge in [0.15, 0.2) is 0 Å². The molecule has 0 spiro atoms. The molecule has 0 bridgehead atoms. The van der Waals surface area contributed by atoms with Gasteiger partial charge < -0.3 is 15.4 Å². The van der Waals surface area contributed by atoms with Gasteiger partial charge in [-0.15, -0.1) is 0 Å². The van der Waals surface area contributed by atoms with Crippen LogP contribution in [0.15, 0.2) is 6.07 Å². The Labute approximate surface area is 96.6 Å². The molecule has 0 aliphatic rings. The van der Waals surface area contributed by atoms with E-state index < -0.39 is 0 Å². The maximum Gasteiger partial charge on any atom is 0.225 e. The molecule has 0 fully saturated rings. The molecular formula is C11H20N4O. The summed E-state index contributed by atoms with van der Waals surface area (Å²) < 4.78 is 5.06. The molecule has 0 radical (unpaired) electrons. The first-order chi connectivity index (χ1) is 7.56. The highest BCUT2D eigenvalue weighted by molar-refractivity contribution is 5.44. The lowest BCUT2D eigenvalue weighted by Crippen LogP contribution is -2.25. The Balaban J connectivity index is 2.82. The standard InChI is InChI=1S/C11H20N4O/c1-5-8(2)7-15(3)9-6-10(16-4)14-11(12)13-9/h6,8H,5,7H2,1-4H3,(H2,12,13,14). The second kappa shape index (κ2) is 5.53. The quantitative estimate of drug-likeness (QED) is 0.822. The maximum atomic E-state index is 5.61. The van der Waals surface area contributed by atoms with Crippen molar-refractivity contribution in [3.05, 3.63) is 6.07 Å². The van der Waals surface area contributed by atoms with Gasteiger partial charge in [0.25, 0.3) is 0 Å². The summed E-state index contributed by atoms with van der Waals surface area (Å²) in [5.41, 5.74) is 5.61. The molecule has 5 nitrogen and oxygen atoms in total. The third-order valence-corrected chi connectivity index (χ3v) is 2.59. The zero-order valence-electron chi connectivity index (χ0n) is 10.4. The predicted octanol–water partition coefficient (Wildman–Crippen LogP) is 1.55. The van der Waals surface area contributed by atoms with E-state index in [1.165, 1.54) is 0 Å². The normalized spacial score (nSPS) is 12.2. The van der Waals surface area contributed by atoms with Crippen molar-refractivity contribution in [3.8, 4) is 5.88 Å². The molecule has 0 saturated heterocycles. The number of hydrogen-bond donors (Lipinski definition) is 1. The van der Waals surface area contributed by atoms with Gasteiger partial charge in [0.1, 0.15) is 5.82 Å². The van der Waals surface area contributed by atoms with Gasteiger partial charge in [0.05, 0.1) is 7.11 Å². The average molecular weight is 224 g/mol. The second-order valence-electron chi connectivity index (χ2n) is 4.02. The van der Waals surface area contributed by atoms with Crippen molar-refractivity contribution in [1.82, 2.24) is 9.97 Å². The minimum Gasteiger partial charge on any atom is -0.481 e. The molecule has 1 heterocycles. The number of rotatable bonds is 5. The Kier molecular flexibility index (Phi) is 4.34. The first-order valence-corrected chi connectivity index (χ1v) is 5.46. The highest BCUT2D eigenvalue weighted by Crippen LogP contribution is 2.18. The number of hydrogen-bond acceptors (Lipinski definition) is 5. The van der Waals surface area contributed by atoms with Crippen LogP contribution in [0.1, 0.15) is 20.3 Å². The molecule has 16 heavy (non-hydrogen) atoms. The smallest absolute Gasteiger partial charge is 0.225 e. The first kappa shape index (κ1) is 12.5. The van der Waals surface area contributed by atoms with Gasteiger partial charge in [-0.2, -0.15) is 9.97 Å². The fourth-order valence-electron chi connectivity index (χ4n) is 1.42. The topological polar surface area (TPSA) is 64.3 Å². The lowest BCUT2D eigenvalue weighted by molar-refractivity contribution is 0.397. The Hall–Kier alpha value is -1.52. The van der Waals surface area contributed by atoms with Crippen molar-refractivity contribution in [2.75, 3.05) is 31.3 Å². The summed E-state index contributed by atoms with van der Waals surface area (Å²) in [5.74, 6) is 2.15. The summed E-state index contributed by atoms with van der Waals surface area (Å²) in [6.45, 7) is 5.32. The molecule has 0 saturated carbocycles. The Morgan fingerprint density at radius 2 is 2.19 bits per heavy atom. The van der Waals surface area contributed by atoms with E-state index in [0.717, 1.165) is 18.8 Å². The van der Waals surface area contributed by atoms with Crippen LogP contribution < -0.4 is 15.4 Å². The highest BCUT2D eigenvalue weighted by Gasteiger charge is 2.09. The predicted molar refractivity (Wildman–Crippen MR) is 65.7 cm³/mol. The summed E-state index contributed by atoms with van der Waals surface area (Å²) in [6.07, 6.45) is 1.14. The summed E-state index contributed by atoms with van der Waals surface area (Å²) >= 11 is 0. The van der Waals surface area contributed by atoms with E-state index in [2.05, 4.69) is 28.7 Å². The second-order valence-corrected chi connectivity index (χ2v) is 4.02. The third-order valence-electron chi connectivity index (χ3n) is 2.59. The van der Waals surface area contributed by atoms with E-state index in [1.807, 2.05) is 7.05 Å². The molecule has 1 unspecified atom stereocenters. The van der Waals surface area contributed by atoms with E-state index in [-0.39, 0.29) is 5.95 Å². The van der Waals surface area contributed by atoms with Crippen molar-refractivity contribution in [3.63, 3.8) is 0 Å². The fourth-order valence-corrected chi connectivity index (χ4v) is 1.42. The van der Waals surface area contributed by atoms with E-state index in [4.69, 9.17) is 10.5 Å². The van der Waals surface area contributed by atoms with Crippen LogP contribution in [0.2, 0.25) is 0 Å². The monoisotopic (exact) mass is 224 g/mol. The van der Waals surface area contributed by atoms with Gasteiger partial charge in [-0.3, -0.25) is 0 Å². The molecule has 1 atom stereocenters. The summed E-state index contributed by atoms with van der Waals surface area (Å²) in [7, 11) is 3.56. The molecule has 1 aromatic heterocycles. The molecule has 1 aromatic rings. The average Bonchev–Trinajstić information content (AvgIpc) is 2.27. The SMILES string of the molecule is CCC(C)CN(C)c1cc(OC)nc(N)n1. The van der Waals surface area contributed by atoms with Gasteiger partial charge in [-0.1, -0.05) is 20.3 Å². The maximum absolute atomic E-state index is 5.61.